The number of anilines is 1. The third kappa shape index (κ3) is 3.45. The highest BCUT2D eigenvalue weighted by Gasteiger charge is 2.52. The smallest absolute Gasteiger partial charge is 0.177 e. The molecule has 2 aliphatic heterocycles. The number of benzene rings is 2. The van der Waals surface area contributed by atoms with Crippen molar-refractivity contribution in [1.82, 2.24) is 4.90 Å². The van der Waals surface area contributed by atoms with Gasteiger partial charge >= 0.3 is 0 Å². The summed E-state index contributed by atoms with van der Waals surface area (Å²) in [5.41, 5.74) is 1.69. The Hall–Kier alpha value is -1.54. The zero-order chi connectivity index (χ0) is 20.1. The van der Waals surface area contributed by atoms with Crippen LogP contribution in [-0.2, 0) is 16.4 Å². The second-order valence-electron chi connectivity index (χ2n) is 6.91. The number of hydrogen-bond donors (Lipinski definition) is 0. The van der Waals surface area contributed by atoms with Crippen LogP contribution in [0.15, 0.2) is 42.5 Å². The third-order valence-corrected chi connectivity index (χ3v) is 8.03. The molecule has 2 heterocycles. The van der Waals surface area contributed by atoms with Crippen LogP contribution in [0.3, 0.4) is 0 Å². The van der Waals surface area contributed by atoms with E-state index in [1.165, 1.54) is 0 Å². The largest absolute Gasteiger partial charge is 0.495 e. The first-order chi connectivity index (χ1) is 13.3. The fraction of sp³-hybridized carbons (Fsp3) is 0.316. The number of para-hydroxylation sites is 2. The zero-order valence-electron chi connectivity index (χ0n) is 15.0. The first kappa shape index (κ1) is 19.8. The summed E-state index contributed by atoms with van der Waals surface area (Å²) < 4.78 is 30.3. The molecule has 2 aromatic rings. The molecule has 0 aromatic heterocycles. The Bertz CT molecular complexity index is 1050. The summed E-state index contributed by atoms with van der Waals surface area (Å²) in [6.07, 6.45) is 0. The maximum absolute atomic E-state index is 12.4. The normalized spacial score (nSPS) is 23.2. The van der Waals surface area contributed by atoms with Gasteiger partial charge in [-0.15, -0.1) is 0 Å². The van der Waals surface area contributed by atoms with Crippen molar-refractivity contribution in [3.05, 3.63) is 58.1 Å². The van der Waals surface area contributed by atoms with Crippen molar-refractivity contribution in [1.29, 1.82) is 0 Å². The van der Waals surface area contributed by atoms with Crippen molar-refractivity contribution in [3.8, 4) is 5.75 Å². The van der Waals surface area contributed by atoms with Gasteiger partial charge in [0.05, 0.1) is 46.4 Å². The summed E-state index contributed by atoms with van der Waals surface area (Å²) in [7, 11) is -1.57. The van der Waals surface area contributed by atoms with Gasteiger partial charge in [0.1, 0.15) is 5.75 Å². The lowest BCUT2D eigenvalue weighted by molar-refractivity contribution is 0.350. The van der Waals surface area contributed by atoms with E-state index in [0.717, 1.165) is 11.3 Å². The number of methoxy groups -OCH3 is 1. The van der Waals surface area contributed by atoms with Crippen LogP contribution in [0.4, 0.5) is 5.69 Å². The Kier molecular flexibility index (Phi) is 5.20. The molecule has 2 aromatic carbocycles. The molecule has 0 spiro atoms. The molecule has 0 amide bonds. The van der Waals surface area contributed by atoms with Crippen molar-refractivity contribution in [3.63, 3.8) is 0 Å². The molecule has 0 saturated carbocycles. The van der Waals surface area contributed by atoms with Gasteiger partial charge in [0.2, 0.25) is 0 Å². The van der Waals surface area contributed by atoms with Gasteiger partial charge in [0.25, 0.3) is 0 Å². The molecule has 2 aliphatic rings. The van der Waals surface area contributed by atoms with Crippen molar-refractivity contribution >= 4 is 56.1 Å². The number of rotatable bonds is 4. The van der Waals surface area contributed by atoms with Crippen LogP contribution in [0.25, 0.3) is 0 Å². The van der Waals surface area contributed by atoms with Crippen molar-refractivity contribution in [2.45, 2.75) is 18.6 Å². The predicted molar refractivity (Wildman–Crippen MR) is 116 cm³/mol. The van der Waals surface area contributed by atoms with Gasteiger partial charge in [-0.2, -0.15) is 0 Å². The van der Waals surface area contributed by atoms with Crippen LogP contribution >= 0.6 is 35.4 Å². The number of hydrogen-bond acceptors (Lipinski definition) is 4. The first-order valence-corrected chi connectivity index (χ1v) is 11.7. The van der Waals surface area contributed by atoms with Crippen LogP contribution in [-0.4, -0.2) is 49.1 Å². The molecule has 0 radical (unpaired) electrons. The minimum Gasteiger partial charge on any atom is -0.495 e. The van der Waals surface area contributed by atoms with Gasteiger partial charge < -0.3 is 14.5 Å². The Balaban J connectivity index is 1.73. The summed E-state index contributed by atoms with van der Waals surface area (Å²) in [5.74, 6) is 0.794. The lowest BCUT2D eigenvalue weighted by atomic mass is 10.1. The third-order valence-electron chi connectivity index (χ3n) is 5.16. The standard InChI is InChI=1S/C19H18Cl2N2O3S2/c1-26-18-5-3-2-4-15(18)23-17-11-28(24,25)10-16(17)22(19(23)27)9-12-6-7-13(20)14(21)8-12/h2-8,16-17H,9-11H2,1H3/t16-,17-/m1/s1. The average molecular weight is 457 g/mol. The molecule has 2 fully saturated rings. The van der Waals surface area contributed by atoms with E-state index < -0.39 is 9.84 Å². The van der Waals surface area contributed by atoms with E-state index in [2.05, 4.69) is 0 Å². The summed E-state index contributed by atoms with van der Waals surface area (Å²) in [5, 5.41) is 1.52. The maximum Gasteiger partial charge on any atom is 0.177 e. The van der Waals surface area contributed by atoms with Crippen molar-refractivity contribution in [2.75, 3.05) is 23.5 Å². The fourth-order valence-electron chi connectivity index (χ4n) is 3.91. The molecular formula is C19H18Cl2N2O3S2. The van der Waals surface area contributed by atoms with Gasteiger partial charge in [-0.1, -0.05) is 41.4 Å². The SMILES string of the molecule is COc1ccccc1N1C(=S)N(Cc2ccc(Cl)c(Cl)c2)[C@@H]2CS(=O)(=O)C[C@H]21. The molecule has 0 aliphatic carbocycles. The molecule has 0 bridgehead atoms. The topological polar surface area (TPSA) is 49.9 Å². The minimum absolute atomic E-state index is 0.0632. The molecule has 0 unspecified atom stereocenters. The van der Waals surface area contributed by atoms with Gasteiger partial charge in [0, 0.05) is 6.54 Å². The highest BCUT2D eigenvalue weighted by atomic mass is 35.5. The van der Waals surface area contributed by atoms with Crippen LogP contribution < -0.4 is 9.64 Å². The van der Waals surface area contributed by atoms with Crippen molar-refractivity contribution < 1.29 is 13.2 Å². The number of fused-ring (bicyclic) bond motifs is 1. The van der Waals surface area contributed by atoms with Gasteiger partial charge in [-0.05, 0) is 42.0 Å². The summed E-state index contributed by atoms with van der Waals surface area (Å²) >= 11 is 17.9. The molecule has 9 heteroatoms. The second-order valence-corrected chi connectivity index (χ2v) is 10.2. The monoisotopic (exact) mass is 456 g/mol. The minimum atomic E-state index is -3.16. The van der Waals surface area contributed by atoms with Crippen LogP contribution in [0, 0.1) is 0 Å². The highest BCUT2D eigenvalue weighted by Crippen LogP contribution is 2.40. The quantitative estimate of drug-likeness (QED) is 0.652. The van der Waals surface area contributed by atoms with E-state index in [-0.39, 0.29) is 23.6 Å². The van der Waals surface area contributed by atoms with E-state index >= 15 is 0 Å². The van der Waals surface area contributed by atoms with E-state index in [0.29, 0.717) is 27.5 Å². The highest BCUT2D eigenvalue weighted by molar-refractivity contribution is 7.91. The lowest BCUT2D eigenvalue weighted by Crippen LogP contribution is -2.37. The second kappa shape index (κ2) is 7.37. The number of halogens is 2. The number of ether oxygens (including phenoxy) is 1. The molecular weight excluding hydrogens is 439 g/mol. The van der Waals surface area contributed by atoms with Crippen LogP contribution in [0.5, 0.6) is 5.75 Å². The van der Waals surface area contributed by atoms with E-state index in [1.54, 1.807) is 19.2 Å². The Morgan fingerprint density at radius 2 is 1.82 bits per heavy atom. The molecule has 28 heavy (non-hydrogen) atoms. The summed E-state index contributed by atoms with van der Waals surface area (Å²) in [4.78, 5) is 3.89. The van der Waals surface area contributed by atoms with E-state index in [4.69, 9.17) is 40.2 Å². The Morgan fingerprint density at radius 3 is 2.54 bits per heavy atom. The number of thiocarbonyl (C=S) groups is 1. The predicted octanol–water partition coefficient (Wildman–Crippen LogP) is 3.77. The number of nitrogens with zero attached hydrogens (tertiary/aromatic N) is 2. The van der Waals surface area contributed by atoms with Gasteiger partial charge in [-0.3, -0.25) is 0 Å². The molecule has 2 atom stereocenters. The van der Waals surface area contributed by atoms with Crippen LogP contribution in [0.2, 0.25) is 10.0 Å². The van der Waals surface area contributed by atoms with Gasteiger partial charge in [-0.25, -0.2) is 8.42 Å². The first-order valence-electron chi connectivity index (χ1n) is 8.68. The van der Waals surface area contributed by atoms with E-state index in [9.17, 15) is 8.42 Å². The Labute approximate surface area is 179 Å². The summed E-state index contributed by atoms with van der Waals surface area (Å²) in [6, 6.07) is 12.4. The average Bonchev–Trinajstić information content (AvgIpc) is 3.09. The molecule has 2 saturated heterocycles. The number of sulfone groups is 1. The molecule has 4 rings (SSSR count). The summed E-state index contributed by atoms with van der Waals surface area (Å²) in [6.45, 7) is 0.456. The van der Waals surface area contributed by atoms with Crippen molar-refractivity contribution in [2.24, 2.45) is 0 Å². The van der Waals surface area contributed by atoms with Gasteiger partial charge in [0.15, 0.2) is 14.9 Å². The molecule has 148 valence electrons. The maximum atomic E-state index is 12.4. The zero-order valence-corrected chi connectivity index (χ0v) is 18.2. The molecule has 0 N–H and O–H groups in total. The fourth-order valence-corrected chi connectivity index (χ4v) is 6.61. The molecule has 5 nitrogen and oxygen atoms in total. The lowest BCUT2D eigenvalue weighted by Gasteiger charge is -2.27. The van der Waals surface area contributed by atoms with E-state index in [1.807, 2.05) is 40.1 Å². The van der Waals surface area contributed by atoms with Crippen LogP contribution in [0.1, 0.15) is 5.56 Å². The Morgan fingerprint density at radius 1 is 1.11 bits per heavy atom.